The Labute approximate surface area is 157 Å². The highest BCUT2D eigenvalue weighted by Gasteiger charge is 2.21. The van der Waals surface area contributed by atoms with Gasteiger partial charge in [0.2, 0.25) is 0 Å². The molecule has 3 rings (SSSR count). The Kier molecular flexibility index (Phi) is 8.26. The van der Waals surface area contributed by atoms with Crippen molar-refractivity contribution in [1.29, 1.82) is 0 Å². The summed E-state index contributed by atoms with van der Waals surface area (Å²) in [5.74, 6) is 0.986. The molecule has 1 fully saturated rings. The molecule has 0 aliphatic carbocycles. The summed E-state index contributed by atoms with van der Waals surface area (Å²) in [6.45, 7) is 3.27. The van der Waals surface area contributed by atoms with Crippen molar-refractivity contribution in [2.24, 2.45) is 0 Å². The molecule has 2 aromatic rings. The normalized spacial score (nSPS) is 16.8. The quantitative estimate of drug-likeness (QED) is 0.711. The van der Waals surface area contributed by atoms with Crippen LogP contribution in [0.4, 0.5) is 0 Å². The molecule has 3 nitrogen and oxygen atoms in total. The Bertz CT molecular complexity index is 585. The molecule has 4 heteroatoms. The lowest BCUT2D eigenvalue weighted by Gasteiger charge is -2.33. The average Bonchev–Trinajstić information content (AvgIpc) is 2.65. The maximum Gasteiger partial charge on any atom is 0.119 e. The maximum atomic E-state index is 6.07. The van der Waals surface area contributed by atoms with Gasteiger partial charge in [-0.1, -0.05) is 48.5 Å². The summed E-state index contributed by atoms with van der Waals surface area (Å²) in [7, 11) is 1.80. The number of hydrogen-bond donors (Lipinski definition) is 0. The van der Waals surface area contributed by atoms with Crippen molar-refractivity contribution in [3.63, 3.8) is 0 Å². The van der Waals surface area contributed by atoms with E-state index < -0.39 is 0 Å². The lowest BCUT2D eigenvalue weighted by Crippen LogP contribution is -2.39. The molecule has 0 bridgehead atoms. The van der Waals surface area contributed by atoms with Crippen LogP contribution in [0.2, 0.25) is 0 Å². The van der Waals surface area contributed by atoms with Crippen LogP contribution in [0.3, 0.4) is 0 Å². The number of methoxy groups -OCH3 is 1. The topological polar surface area (TPSA) is 21.7 Å². The van der Waals surface area contributed by atoms with Crippen LogP contribution in [0.5, 0.6) is 5.75 Å². The lowest BCUT2D eigenvalue weighted by molar-refractivity contribution is 0.0638. The van der Waals surface area contributed by atoms with Gasteiger partial charge >= 0.3 is 0 Å². The molecule has 0 aromatic heterocycles. The first-order valence-corrected chi connectivity index (χ1v) is 8.87. The molecule has 25 heavy (non-hydrogen) atoms. The molecule has 0 saturated carbocycles. The molecular formula is C21H28ClNO2. The Morgan fingerprint density at radius 1 is 0.960 bits per heavy atom. The summed E-state index contributed by atoms with van der Waals surface area (Å²) in [5.41, 5.74) is 1.27. The molecule has 1 atom stereocenters. The summed E-state index contributed by atoms with van der Waals surface area (Å²) < 4.78 is 11.7. The predicted octanol–water partition coefficient (Wildman–Crippen LogP) is 4.73. The van der Waals surface area contributed by atoms with Crippen molar-refractivity contribution in [3.05, 3.63) is 66.2 Å². The molecule has 0 N–H and O–H groups in total. The third-order valence-electron chi connectivity index (χ3n) is 4.74. The van der Waals surface area contributed by atoms with Crippen LogP contribution in [0.15, 0.2) is 60.7 Å². The van der Waals surface area contributed by atoms with Gasteiger partial charge in [-0.25, -0.2) is 0 Å². The molecule has 0 spiro atoms. The number of ether oxygens (including phenoxy) is 2. The van der Waals surface area contributed by atoms with Crippen LogP contribution >= 0.6 is 12.4 Å². The first kappa shape index (κ1) is 19.8. The number of benzene rings is 2. The Morgan fingerprint density at radius 2 is 1.56 bits per heavy atom. The van der Waals surface area contributed by atoms with E-state index in [4.69, 9.17) is 9.47 Å². The summed E-state index contributed by atoms with van der Waals surface area (Å²) in [6, 6.07) is 20.6. The van der Waals surface area contributed by atoms with Crippen molar-refractivity contribution in [2.45, 2.75) is 31.5 Å². The number of piperidine rings is 1. The smallest absolute Gasteiger partial charge is 0.119 e. The van der Waals surface area contributed by atoms with E-state index in [1.54, 1.807) is 7.11 Å². The molecule has 2 aromatic carbocycles. The van der Waals surface area contributed by atoms with Crippen molar-refractivity contribution < 1.29 is 9.47 Å². The third kappa shape index (κ3) is 6.03. The van der Waals surface area contributed by atoms with Gasteiger partial charge in [0, 0.05) is 26.7 Å². The Balaban J connectivity index is 0.00000225. The second-order valence-corrected chi connectivity index (χ2v) is 6.40. The van der Waals surface area contributed by atoms with Crippen molar-refractivity contribution in [2.75, 3.05) is 26.7 Å². The molecule has 136 valence electrons. The van der Waals surface area contributed by atoms with Crippen molar-refractivity contribution in [3.8, 4) is 5.75 Å². The average molecular weight is 362 g/mol. The molecule has 0 amide bonds. The lowest BCUT2D eigenvalue weighted by atomic mass is 10.0. The van der Waals surface area contributed by atoms with Crippen LogP contribution in [0, 0.1) is 0 Å². The molecule has 1 unspecified atom stereocenters. The van der Waals surface area contributed by atoms with E-state index in [-0.39, 0.29) is 18.5 Å². The third-order valence-corrected chi connectivity index (χ3v) is 4.74. The van der Waals surface area contributed by atoms with Gasteiger partial charge in [-0.15, -0.1) is 12.4 Å². The Hall–Kier alpha value is -1.55. The zero-order valence-corrected chi connectivity index (χ0v) is 15.7. The van der Waals surface area contributed by atoms with Crippen LogP contribution < -0.4 is 4.74 Å². The number of likely N-dealkylation sites (tertiary alicyclic amines) is 1. The number of nitrogens with zero attached hydrogens (tertiary/aromatic N) is 1. The van der Waals surface area contributed by atoms with Gasteiger partial charge < -0.3 is 14.4 Å². The second kappa shape index (κ2) is 10.4. The summed E-state index contributed by atoms with van der Waals surface area (Å²) >= 11 is 0. The fourth-order valence-corrected chi connectivity index (χ4v) is 3.33. The highest BCUT2D eigenvalue weighted by molar-refractivity contribution is 5.85. The van der Waals surface area contributed by atoms with Crippen LogP contribution in [0.25, 0.3) is 0 Å². The monoisotopic (exact) mass is 361 g/mol. The predicted molar refractivity (Wildman–Crippen MR) is 105 cm³/mol. The molecule has 1 aliphatic heterocycles. The number of para-hydroxylation sites is 1. The van der Waals surface area contributed by atoms with E-state index in [9.17, 15) is 0 Å². The Morgan fingerprint density at radius 3 is 2.16 bits per heavy atom. The zero-order chi connectivity index (χ0) is 16.6. The first-order valence-electron chi connectivity index (χ1n) is 8.87. The largest absolute Gasteiger partial charge is 0.490 e. The summed E-state index contributed by atoms with van der Waals surface area (Å²) in [5, 5.41) is 0. The fourth-order valence-electron chi connectivity index (χ4n) is 3.33. The van der Waals surface area contributed by atoms with E-state index in [1.807, 2.05) is 36.4 Å². The molecule has 0 radical (unpaired) electrons. The minimum atomic E-state index is 0. The van der Waals surface area contributed by atoms with Gasteiger partial charge in [0.1, 0.15) is 11.9 Å². The SMILES string of the molecule is COC(CCN1CCC(Oc2ccccc2)CC1)c1ccccc1.Cl. The van der Waals surface area contributed by atoms with Crippen LogP contribution in [-0.2, 0) is 4.74 Å². The van der Waals surface area contributed by atoms with Crippen molar-refractivity contribution in [1.82, 2.24) is 4.90 Å². The molecular weight excluding hydrogens is 334 g/mol. The minimum Gasteiger partial charge on any atom is -0.490 e. The van der Waals surface area contributed by atoms with Gasteiger partial charge in [0.05, 0.1) is 6.10 Å². The van der Waals surface area contributed by atoms with Gasteiger partial charge in [0.15, 0.2) is 0 Å². The van der Waals surface area contributed by atoms with E-state index >= 15 is 0 Å². The standard InChI is InChI=1S/C21H27NO2.ClH/c1-23-21(18-8-4-2-5-9-18)14-17-22-15-12-20(13-16-22)24-19-10-6-3-7-11-19;/h2-11,20-21H,12-17H2,1H3;1H. The van der Waals surface area contributed by atoms with E-state index in [0.717, 1.165) is 44.6 Å². The van der Waals surface area contributed by atoms with Gasteiger partial charge in [0.25, 0.3) is 0 Å². The van der Waals surface area contributed by atoms with Gasteiger partial charge in [-0.3, -0.25) is 0 Å². The second-order valence-electron chi connectivity index (χ2n) is 6.40. The maximum absolute atomic E-state index is 6.07. The highest BCUT2D eigenvalue weighted by Crippen LogP contribution is 2.23. The minimum absolute atomic E-state index is 0. The number of rotatable bonds is 7. The summed E-state index contributed by atoms with van der Waals surface area (Å²) in [4.78, 5) is 2.53. The first-order chi connectivity index (χ1) is 11.8. The zero-order valence-electron chi connectivity index (χ0n) is 14.8. The van der Waals surface area contributed by atoms with Crippen LogP contribution in [0.1, 0.15) is 30.9 Å². The molecule has 1 aliphatic rings. The summed E-state index contributed by atoms with van der Waals surface area (Å²) in [6.07, 6.45) is 3.75. The highest BCUT2D eigenvalue weighted by atomic mass is 35.5. The number of hydrogen-bond acceptors (Lipinski definition) is 3. The molecule has 1 saturated heterocycles. The number of halogens is 1. The van der Waals surface area contributed by atoms with Gasteiger partial charge in [-0.2, -0.15) is 0 Å². The van der Waals surface area contributed by atoms with E-state index in [1.165, 1.54) is 5.56 Å². The fraction of sp³-hybridized carbons (Fsp3) is 0.429. The van der Waals surface area contributed by atoms with Crippen molar-refractivity contribution >= 4 is 12.4 Å². The van der Waals surface area contributed by atoms with Crippen LogP contribution in [-0.4, -0.2) is 37.7 Å². The van der Waals surface area contributed by atoms with E-state index in [0.29, 0.717) is 6.10 Å². The van der Waals surface area contributed by atoms with E-state index in [2.05, 4.69) is 29.2 Å². The van der Waals surface area contributed by atoms with Gasteiger partial charge in [-0.05, 0) is 37.0 Å². The molecule has 1 heterocycles.